The molecule has 1 aliphatic heterocycles. The summed E-state index contributed by atoms with van der Waals surface area (Å²) in [5, 5.41) is 0.992. The summed E-state index contributed by atoms with van der Waals surface area (Å²) < 4.78 is 2.09. The molecule has 1 aliphatic carbocycles. The van der Waals surface area contributed by atoms with Crippen molar-refractivity contribution in [3.8, 4) is 0 Å². The highest BCUT2D eigenvalue weighted by Crippen LogP contribution is 2.41. The smallest absolute Gasteiger partial charge is 0.266 e. The lowest BCUT2D eigenvalue weighted by Gasteiger charge is -2.26. The molecular weight excluding hydrogens is 336 g/mol. The minimum absolute atomic E-state index is 0.132. The molecule has 2 heterocycles. The number of fused-ring (bicyclic) bond motifs is 3. The molecule has 1 saturated heterocycles. The van der Waals surface area contributed by atoms with Gasteiger partial charge in [-0.05, 0) is 37.3 Å². The van der Waals surface area contributed by atoms with Gasteiger partial charge in [0.15, 0.2) is 0 Å². The first-order valence-corrected chi connectivity index (χ1v) is 8.53. The van der Waals surface area contributed by atoms with Crippen LogP contribution < -0.4 is 5.73 Å². The summed E-state index contributed by atoms with van der Waals surface area (Å²) in [6, 6.07) is 6.43. The second-order valence-corrected chi connectivity index (χ2v) is 7.74. The van der Waals surface area contributed by atoms with Gasteiger partial charge in [0.05, 0.1) is 5.69 Å². The van der Waals surface area contributed by atoms with Crippen LogP contribution >= 0.6 is 27.3 Å². The maximum atomic E-state index is 12.8. The molecule has 2 aliphatic rings. The summed E-state index contributed by atoms with van der Waals surface area (Å²) in [6.45, 7) is 0.918. The number of hydrogen-bond donors (Lipinski definition) is 1. The lowest BCUT2D eigenvalue weighted by Crippen LogP contribution is -2.37. The van der Waals surface area contributed by atoms with E-state index in [1.165, 1.54) is 24.2 Å². The van der Waals surface area contributed by atoms with Gasteiger partial charge in [-0.2, -0.15) is 0 Å². The van der Waals surface area contributed by atoms with Gasteiger partial charge < -0.3 is 10.6 Å². The van der Waals surface area contributed by atoms with Gasteiger partial charge in [0.1, 0.15) is 4.88 Å². The predicted molar refractivity (Wildman–Crippen MR) is 86.1 cm³/mol. The van der Waals surface area contributed by atoms with E-state index in [9.17, 15) is 4.79 Å². The number of carbonyl (C=O) groups is 1. The summed E-state index contributed by atoms with van der Waals surface area (Å²) in [7, 11) is 0. The fourth-order valence-corrected chi connectivity index (χ4v) is 5.18. The topological polar surface area (TPSA) is 46.3 Å². The van der Waals surface area contributed by atoms with Gasteiger partial charge in [-0.15, -0.1) is 11.3 Å². The average Bonchev–Trinajstić information content (AvgIpc) is 3.12. The van der Waals surface area contributed by atoms with E-state index in [0.29, 0.717) is 22.5 Å². The Morgan fingerprint density at radius 2 is 2.25 bits per heavy atom. The van der Waals surface area contributed by atoms with Crippen molar-refractivity contribution in [2.24, 2.45) is 5.92 Å². The molecule has 1 aromatic heterocycles. The molecule has 5 heteroatoms. The van der Waals surface area contributed by atoms with E-state index in [1.807, 2.05) is 23.1 Å². The highest BCUT2D eigenvalue weighted by molar-refractivity contribution is 9.10. The number of carbonyl (C=O) groups excluding carboxylic acids is 1. The molecule has 0 spiro atoms. The second-order valence-electron chi connectivity index (χ2n) is 5.78. The number of nitrogens with two attached hydrogens (primary N) is 1. The Balaban J connectivity index is 1.74. The van der Waals surface area contributed by atoms with Gasteiger partial charge in [0.25, 0.3) is 5.91 Å². The second kappa shape index (κ2) is 4.46. The number of amides is 1. The molecular formula is C15H15BrN2OS. The van der Waals surface area contributed by atoms with Crippen LogP contribution in [0.1, 0.15) is 28.9 Å². The van der Waals surface area contributed by atoms with Crippen molar-refractivity contribution in [1.29, 1.82) is 0 Å². The lowest BCUT2D eigenvalue weighted by atomic mass is 10.1. The third-order valence-corrected chi connectivity index (χ3v) is 6.20. The normalized spacial score (nSPS) is 24.8. The van der Waals surface area contributed by atoms with Crippen LogP contribution in [0.15, 0.2) is 22.7 Å². The van der Waals surface area contributed by atoms with Crippen LogP contribution in [0.4, 0.5) is 5.69 Å². The maximum absolute atomic E-state index is 12.8. The fourth-order valence-electron chi connectivity index (χ4n) is 3.55. The first-order valence-electron chi connectivity index (χ1n) is 6.92. The molecule has 20 heavy (non-hydrogen) atoms. The average molecular weight is 351 g/mol. The van der Waals surface area contributed by atoms with E-state index in [0.717, 1.165) is 27.5 Å². The lowest BCUT2D eigenvalue weighted by molar-refractivity contribution is 0.0709. The molecule has 2 bridgehead atoms. The Bertz CT molecular complexity index is 711. The van der Waals surface area contributed by atoms with Crippen molar-refractivity contribution in [2.45, 2.75) is 25.3 Å². The first-order chi connectivity index (χ1) is 9.63. The third kappa shape index (κ3) is 1.79. The van der Waals surface area contributed by atoms with Crippen molar-refractivity contribution < 1.29 is 4.79 Å². The van der Waals surface area contributed by atoms with Crippen LogP contribution in [-0.4, -0.2) is 23.4 Å². The van der Waals surface area contributed by atoms with Crippen LogP contribution in [0.25, 0.3) is 10.1 Å². The Labute approximate surface area is 129 Å². The standard InChI is InChI=1S/C15H15BrN2OS/c16-9-2-4-11-12(6-9)20-14(13(11)17)15(19)18-7-8-1-3-10(18)5-8/h2,4,6,8,10H,1,3,5,7,17H2. The number of hydrogen-bond acceptors (Lipinski definition) is 3. The molecule has 1 saturated carbocycles. The molecule has 2 aromatic rings. The zero-order valence-electron chi connectivity index (χ0n) is 10.9. The van der Waals surface area contributed by atoms with Crippen molar-refractivity contribution in [1.82, 2.24) is 4.90 Å². The highest BCUT2D eigenvalue weighted by Gasteiger charge is 2.41. The Morgan fingerprint density at radius 1 is 1.40 bits per heavy atom. The summed E-state index contributed by atoms with van der Waals surface area (Å²) in [5.74, 6) is 0.848. The van der Waals surface area contributed by atoms with E-state index in [-0.39, 0.29) is 5.91 Å². The number of nitrogen functional groups attached to an aromatic ring is 1. The summed E-state index contributed by atoms with van der Waals surface area (Å²) in [5.41, 5.74) is 6.85. The SMILES string of the molecule is Nc1c(C(=O)N2CC3CCC2C3)sc2cc(Br)ccc12. The van der Waals surface area contributed by atoms with Crippen LogP contribution in [-0.2, 0) is 0 Å². The van der Waals surface area contributed by atoms with Crippen LogP contribution in [0.5, 0.6) is 0 Å². The maximum Gasteiger partial charge on any atom is 0.266 e. The molecule has 2 unspecified atom stereocenters. The third-order valence-electron chi connectivity index (χ3n) is 4.55. The summed E-state index contributed by atoms with van der Waals surface area (Å²) >= 11 is 4.98. The predicted octanol–water partition coefficient (Wildman–Crippen LogP) is 3.87. The van der Waals surface area contributed by atoms with Gasteiger partial charge in [-0.3, -0.25) is 4.79 Å². The molecule has 2 fully saturated rings. The van der Waals surface area contributed by atoms with Crippen molar-refractivity contribution >= 4 is 48.9 Å². The summed E-state index contributed by atoms with van der Waals surface area (Å²) in [4.78, 5) is 15.5. The fraction of sp³-hybridized carbons (Fsp3) is 0.400. The monoisotopic (exact) mass is 350 g/mol. The molecule has 0 radical (unpaired) electrons. The molecule has 2 N–H and O–H groups in total. The van der Waals surface area contributed by atoms with E-state index in [4.69, 9.17) is 5.73 Å². The first kappa shape index (κ1) is 12.7. The summed E-state index contributed by atoms with van der Waals surface area (Å²) in [6.07, 6.45) is 3.62. The molecule has 104 valence electrons. The quantitative estimate of drug-likeness (QED) is 0.848. The zero-order chi connectivity index (χ0) is 13.9. The van der Waals surface area contributed by atoms with Gasteiger partial charge in [0, 0.05) is 27.1 Å². The van der Waals surface area contributed by atoms with Crippen LogP contribution in [0, 0.1) is 5.92 Å². The highest BCUT2D eigenvalue weighted by atomic mass is 79.9. The van der Waals surface area contributed by atoms with Gasteiger partial charge >= 0.3 is 0 Å². The largest absolute Gasteiger partial charge is 0.397 e. The number of anilines is 1. The molecule has 4 rings (SSSR count). The number of likely N-dealkylation sites (tertiary alicyclic amines) is 1. The van der Waals surface area contributed by atoms with E-state index >= 15 is 0 Å². The molecule has 3 nitrogen and oxygen atoms in total. The Hall–Kier alpha value is -1.07. The van der Waals surface area contributed by atoms with Crippen molar-refractivity contribution in [3.05, 3.63) is 27.5 Å². The van der Waals surface area contributed by atoms with Crippen LogP contribution in [0.3, 0.4) is 0 Å². The van der Waals surface area contributed by atoms with Crippen molar-refractivity contribution in [3.63, 3.8) is 0 Å². The Kier molecular flexibility index (Phi) is 2.82. The van der Waals surface area contributed by atoms with Gasteiger partial charge in [-0.1, -0.05) is 22.0 Å². The number of rotatable bonds is 1. The molecule has 1 amide bonds. The van der Waals surface area contributed by atoms with E-state index < -0.39 is 0 Å². The number of nitrogens with zero attached hydrogens (tertiary/aromatic N) is 1. The number of thiophene rings is 1. The van der Waals surface area contributed by atoms with E-state index in [1.54, 1.807) is 0 Å². The van der Waals surface area contributed by atoms with Gasteiger partial charge in [0.2, 0.25) is 0 Å². The minimum Gasteiger partial charge on any atom is -0.397 e. The minimum atomic E-state index is 0.132. The Morgan fingerprint density at radius 3 is 2.95 bits per heavy atom. The number of benzene rings is 1. The van der Waals surface area contributed by atoms with Gasteiger partial charge in [-0.25, -0.2) is 0 Å². The zero-order valence-corrected chi connectivity index (χ0v) is 13.3. The molecule has 1 aromatic carbocycles. The number of piperidine rings is 1. The molecule has 2 atom stereocenters. The number of halogens is 1. The van der Waals surface area contributed by atoms with Crippen LogP contribution in [0.2, 0.25) is 0 Å². The van der Waals surface area contributed by atoms with Crippen molar-refractivity contribution in [2.75, 3.05) is 12.3 Å². The van der Waals surface area contributed by atoms with E-state index in [2.05, 4.69) is 15.9 Å².